The van der Waals surface area contributed by atoms with Gasteiger partial charge >= 0.3 is 5.97 Å². The normalized spacial score (nSPS) is 11.8. The Morgan fingerprint density at radius 2 is 1.69 bits per heavy atom. The fourth-order valence-electron chi connectivity index (χ4n) is 2.17. The molecule has 0 aliphatic rings. The van der Waals surface area contributed by atoms with Gasteiger partial charge in [-0.2, -0.15) is 0 Å². The highest BCUT2D eigenvalue weighted by atomic mass is 16.5. The number of nitrogens with one attached hydrogen (secondary N) is 1. The molecule has 1 atom stereocenters. The van der Waals surface area contributed by atoms with Crippen LogP contribution in [0.15, 0.2) is 0 Å². The van der Waals surface area contributed by atoms with Gasteiger partial charge in [0.2, 0.25) is 5.91 Å². The predicted molar refractivity (Wildman–Crippen MR) is 94.8 cm³/mol. The summed E-state index contributed by atoms with van der Waals surface area (Å²) >= 11 is 0. The monoisotopic (exact) mass is 373 g/mol. The number of carbonyl (C=O) groups excluding carboxylic acids is 3. The fraction of sp³-hybridized carbons (Fsp3) is 0.778. The Bertz CT molecular complexity index is 451. The van der Waals surface area contributed by atoms with Crippen LogP contribution in [-0.4, -0.2) is 61.5 Å². The lowest BCUT2D eigenvalue weighted by molar-refractivity contribution is -0.144. The van der Waals surface area contributed by atoms with Crippen molar-refractivity contribution in [3.63, 3.8) is 0 Å². The zero-order valence-corrected chi connectivity index (χ0v) is 15.8. The third-order valence-corrected chi connectivity index (χ3v) is 3.66. The van der Waals surface area contributed by atoms with Crippen molar-refractivity contribution in [2.45, 2.75) is 52.4 Å². The number of carboxylic acid groups (broad SMARTS) is 1. The van der Waals surface area contributed by atoms with E-state index in [1.165, 1.54) is 6.92 Å². The van der Waals surface area contributed by atoms with Gasteiger partial charge in [0.05, 0.1) is 19.1 Å². The second-order valence-corrected chi connectivity index (χ2v) is 6.03. The third kappa shape index (κ3) is 14.5. The van der Waals surface area contributed by atoms with Crippen LogP contribution in [-0.2, 0) is 28.7 Å². The van der Waals surface area contributed by atoms with E-state index in [0.29, 0.717) is 39.4 Å². The molecule has 8 nitrogen and oxygen atoms in total. The molecule has 0 aromatic heterocycles. The minimum Gasteiger partial charge on any atom is -0.481 e. The number of Topliss-reactive ketones (excluding diaryl/α,β-unsaturated/α-hetero) is 2. The maximum absolute atomic E-state index is 11.8. The smallest absolute Gasteiger partial charge is 0.306 e. The number of carbonyl (C=O) groups is 4. The van der Waals surface area contributed by atoms with E-state index < -0.39 is 11.9 Å². The van der Waals surface area contributed by atoms with Crippen molar-refractivity contribution in [1.82, 2.24) is 5.32 Å². The highest BCUT2D eigenvalue weighted by Crippen LogP contribution is 2.14. The lowest BCUT2D eigenvalue weighted by Crippen LogP contribution is -2.26. The molecule has 0 aliphatic carbocycles. The van der Waals surface area contributed by atoms with E-state index in [4.69, 9.17) is 14.6 Å². The largest absolute Gasteiger partial charge is 0.481 e. The maximum Gasteiger partial charge on any atom is 0.306 e. The Morgan fingerprint density at radius 1 is 1.00 bits per heavy atom. The molecule has 150 valence electrons. The molecule has 0 aliphatic heterocycles. The molecular formula is C18H31NO7. The quantitative estimate of drug-likeness (QED) is 0.369. The second kappa shape index (κ2) is 15.5. The average molecular weight is 373 g/mol. The zero-order valence-electron chi connectivity index (χ0n) is 15.8. The summed E-state index contributed by atoms with van der Waals surface area (Å²) in [5.74, 6) is -2.60. The summed E-state index contributed by atoms with van der Waals surface area (Å²) in [5.41, 5.74) is 0. The number of amides is 1. The van der Waals surface area contributed by atoms with E-state index in [-0.39, 0.29) is 49.6 Å². The molecule has 2 N–H and O–H groups in total. The molecule has 0 fully saturated rings. The van der Waals surface area contributed by atoms with Crippen LogP contribution in [0.25, 0.3) is 0 Å². The second-order valence-electron chi connectivity index (χ2n) is 6.03. The number of rotatable bonds is 17. The summed E-state index contributed by atoms with van der Waals surface area (Å²) in [6.07, 6.45) is 0.828. The van der Waals surface area contributed by atoms with Gasteiger partial charge in [-0.15, -0.1) is 0 Å². The van der Waals surface area contributed by atoms with Gasteiger partial charge in [0.25, 0.3) is 0 Å². The van der Waals surface area contributed by atoms with Gasteiger partial charge in [-0.25, -0.2) is 0 Å². The van der Waals surface area contributed by atoms with Crippen LogP contribution in [0.4, 0.5) is 0 Å². The van der Waals surface area contributed by atoms with Gasteiger partial charge < -0.3 is 24.7 Å². The first-order chi connectivity index (χ1) is 12.4. The topological polar surface area (TPSA) is 119 Å². The Morgan fingerprint density at radius 3 is 2.31 bits per heavy atom. The van der Waals surface area contributed by atoms with Crippen LogP contribution in [0.3, 0.4) is 0 Å². The maximum atomic E-state index is 11.8. The molecule has 0 radical (unpaired) electrons. The molecule has 0 saturated carbocycles. The molecule has 0 unspecified atom stereocenters. The fourth-order valence-corrected chi connectivity index (χ4v) is 2.17. The number of hydrogen-bond acceptors (Lipinski definition) is 6. The van der Waals surface area contributed by atoms with Crippen molar-refractivity contribution in [2.75, 3.05) is 33.0 Å². The molecule has 8 heteroatoms. The lowest BCUT2D eigenvalue weighted by atomic mass is 9.94. The highest BCUT2D eigenvalue weighted by molar-refractivity contribution is 5.87. The molecule has 0 bridgehead atoms. The number of aliphatic carboxylic acids is 1. The van der Waals surface area contributed by atoms with Crippen molar-refractivity contribution < 1.29 is 33.8 Å². The first-order valence-electron chi connectivity index (χ1n) is 9.02. The molecule has 0 saturated heterocycles. The number of hydrogen-bond donors (Lipinski definition) is 2. The van der Waals surface area contributed by atoms with Crippen LogP contribution < -0.4 is 5.32 Å². The van der Waals surface area contributed by atoms with E-state index in [9.17, 15) is 19.2 Å². The van der Waals surface area contributed by atoms with E-state index >= 15 is 0 Å². The van der Waals surface area contributed by atoms with Crippen molar-refractivity contribution in [2.24, 2.45) is 5.92 Å². The highest BCUT2D eigenvalue weighted by Gasteiger charge is 2.21. The molecule has 0 aromatic rings. The van der Waals surface area contributed by atoms with Gasteiger partial charge in [-0.3, -0.25) is 14.4 Å². The Hall–Kier alpha value is -1.80. The standard InChI is InChI=1S/C18H31NO7/c1-3-25-11-12-26-10-4-9-19-17(22)8-7-16(21)13-15(18(23)24)6-5-14(2)20/h15H,3-13H2,1-2H3,(H,19,22)(H,23,24)/t15-/m1/s1. The van der Waals surface area contributed by atoms with Crippen LogP contribution in [0.2, 0.25) is 0 Å². The summed E-state index contributed by atoms with van der Waals surface area (Å²) in [5, 5.41) is 11.8. The Kier molecular flexibility index (Phi) is 14.4. The van der Waals surface area contributed by atoms with Gasteiger partial charge in [0, 0.05) is 45.4 Å². The molecule has 1 amide bonds. The summed E-state index contributed by atoms with van der Waals surface area (Å²) < 4.78 is 10.4. The van der Waals surface area contributed by atoms with E-state index in [1.807, 2.05) is 6.92 Å². The molecule has 0 rings (SSSR count). The van der Waals surface area contributed by atoms with E-state index in [2.05, 4.69) is 5.32 Å². The lowest BCUT2D eigenvalue weighted by Gasteiger charge is -2.10. The first kappa shape index (κ1) is 24.2. The van der Waals surface area contributed by atoms with E-state index in [0.717, 1.165) is 0 Å². The number of ether oxygens (including phenoxy) is 2. The number of carboxylic acids is 1. The zero-order chi connectivity index (χ0) is 19.8. The van der Waals surface area contributed by atoms with Crippen LogP contribution in [0.1, 0.15) is 52.4 Å². The van der Waals surface area contributed by atoms with Crippen LogP contribution in [0.5, 0.6) is 0 Å². The Labute approximate surface area is 154 Å². The number of ketones is 2. The minimum absolute atomic E-state index is 0.000537. The predicted octanol–water partition coefficient (Wildman–Crippen LogP) is 1.36. The van der Waals surface area contributed by atoms with Crippen molar-refractivity contribution in [3.8, 4) is 0 Å². The first-order valence-corrected chi connectivity index (χ1v) is 9.02. The average Bonchev–Trinajstić information content (AvgIpc) is 2.58. The van der Waals surface area contributed by atoms with Crippen LogP contribution in [0, 0.1) is 5.92 Å². The van der Waals surface area contributed by atoms with Crippen molar-refractivity contribution >= 4 is 23.4 Å². The van der Waals surface area contributed by atoms with Gasteiger partial charge in [-0.1, -0.05) is 0 Å². The third-order valence-electron chi connectivity index (χ3n) is 3.66. The molecule has 0 spiro atoms. The molecular weight excluding hydrogens is 342 g/mol. The molecule has 0 heterocycles. The van der Waals surface area contributed by atoms with Gasteiger partial charge in [-0.05, 0) is 26.7 Å². The summed E-state index contributed by atoms with van der Waals surface area (Å²) in [4.78, 5) is 45.6. The molecule has 26 heavy (non-hydrogen) atoms. The summed E-state index contributed by atoms with van der Waals surface area (Å²) in [6, 6.07) is 0. The van der Waals surface area contributed by atoms with Crippen molar-refractivity contribution in [1.29, 1.82) is 0 Å². The Balaban J connectivity index is 3.81. The summed E-state index contributed by atoms with van der Waals surface area (Å²) in [7, 11) is 0. The van der Waals surface area contributed by atoms with E-state index in [1.54, 1.807) is 0 Å². The van der Waals surface area contributed by atoms with Gasteiger partial charge in [0.15, 0.2) is 0 Å². The molecule has 0 aromatic carbocycles. The summed E-state index contributed by atoms with van der Waals surface area (Å²) in [6.45, 7) is 5.99. The SMILES string of the molecule is CCOCCOCCCNC(=O)CCC(=O)C[C@@H](CCC(C)=O)C(=O)O. The van der Waals surface area contributed by atoms with Gasteiger partial charge in [0.1, 0.15) is 11.6 Å². The minimum atomic E-state index is -1.09. The van der Waals surface area contributed by atoms with Crippen LogP contribution >= 0.6 is 0 Å². The van der Waals surface area contributed by atoms with Crippen molar-refractivity contribution in [3.05, 3.63) is 0 Å².